The number of hydrogen-bond donors (Lipinski definition) is 3. The number of aromatic nitrogens is 2. The second kappa shape index (κ2) is 4.96. The molecule has 2 aliphatic carbocycles. The molecule has 0 spiro atoms. The van der Waals surface area contributed by atoms with Gasteiger partial charge in [0.1, 0.15) is 17.5 Å². The fraction of sp³-hybridized carbons (Fsp3) is 0.714. The first-order valence-corrected chi connectivity index (χ1v) is 7.29. The summed E-state index contributed by atoms with van der Waals surface area (Å²) in [5, 5.41) is 3.59. The summed E-state index contributed by atoms with van der Waals surface area (Å²) in [6.07, 6.45) is 6.17. The normalized spacial score (nSPS) is 26.5. The molecule has 2 saturated carbocycles. The molecule has 0 radical (unpaired) electrons. The Bertz CT molecular complexity index is 469. The predicted molar refractivity (Wildman–Crippen MR) is 77.0 cm³/mol. The first kappa shape index (κ1) is 12.7. The molecule has 0 aromatic carbocycles. The third-order valence-corrected chi connectivity index (χ3v) is 4.28. The average Bonchev–Trinajstić information content (AvgIpc) is 3.16. The standard InChI is InChI=1S/C14H23N5/c1-8-3-6-11(7-8)16-12-9(2)13(19-15)18-14(17-12)10-4-5-10/h8,10-11H,3-7,15H2,1-2H3,(H2,16,17,18,19). The number of nitrogens with two attached hydrogens (primary N) is 1. The lowest BCUT2D eigenvalue weighted by Gasteiger charge is -2.17. The SMILES string of the molecule is Cc1c(NN)nc(C2CC2)nc1NC1CCC(C)C1. The van der Waals surface area contributed by atoms with Crippen molar-refractivity contribution in [2.24, 2.45) is 11.8 Å². The van der Waals surface area contributed by atoms with E-state index in [1.807, 2.05) is 6.92 Å². The third-order valence-electron chi connectivity index (χ3n) is 4.28. The first-order chi connectivity index (χ1) is 9.17. The molecule has 2 atom stereocenters. The Kier molecular flexibility index (Phi) is 3.31. The van der Waals surface area contributed by atoms with Gasteiger partial charge < -0.3 is 10.7 Å². The molecule has 19 heavy (non-hydrogen) atoms. The van der Waals surface area contributed by atoms with Crippen LogP contribution in [-0.4, -0.2) is 16.0 Å². The minimum absolute atomic E-state index is 0.538. The Hall–Kier alpha value is -1.36. The highest BCUT2D eigenvalue weighted by Crippen LogP contribution is 2.39. The van der Waals surface area contributed by atoms with Gasteiger partial charge in [-0.1, -0.05) is 6.92 Å². The van der Waals surface area contributed by atoms with Crippen molar-refractivity contribution < 1.29 is 0 Å². The van der Waals surface area contributed by atoms with Gasteiger partial charge in [-0.05, 0) is 44.9 Å². The number of hydrazine groups is 1. The highest BCUT2D eigenvalue weighted by atomic mass is 15.3. The van der Waals surface area contributed by atoms with E-state index < -0.39 is 0 Å². The van der Waals surface area contributed by atoms with Gasteiger partial charge >= 0.3 is 0 Å². The third kappa shape index (κ3) is 2.66. The van der Waals surface area contributed by atoms with Crippen molar-refractivity contribution in [3.8, 4) is 0 Å². The lowest BCUT2D eigenvalue weighted by molar-refractivity contribution is 0.602. The lowest BCUT2D eigenvalue weighted by Crippen LogP contribution is -2.20. The van der Waals surface area contributed by atoms with E-state index in [9.17, 15) is 0 Å². The molecular formula is C14H23N5. The smallest absolute Gasteiger partial charge is 0.148 e. The molecule has 2 aliphatic rings. The zero-order valence-electron chi connectivity index (χ0n) is 11.7. The van der Waals surface area contributed by atoms with Crippen molar-refractivity contribution >= 4 is 11.6 Å². The van der Waals surface area contributed by atoms with E-state index in [2.05, 4.69) is 22.7 Å². The number of nitrogens with zero attached hydrogens (tertiary/aromatic N) is 2. The van der Waals surface area contributed by atoms with Crippen molar-refractivity contribution in [1.82, 2.24) is 9.97 Å². The van der Waals surface area contributed by atoms with Crippen LogP contribution in [0.15, 0.2) is 0 Å². The van der Waals surface area contributed by atoms with E-state index in [0.717, 1.165) is 28.9 Å². The molecule has 1 aromatic heterocycles. The van der Waals surface area contributed by atoms with Gasteiger partial charge in [-0.3, -0.25) is 0 Å². The molecule has 1 heterocycles. The zero-order chi connectivity index (χ0) is 13.4. The molecule has 4 N–H and O–H groups in total. The molecule has 5 nitrogen and oxygen atoms in total. The molecule has 3 rings (SSSR count). The highest BCUT2D eigenvalue weighted by molar-refractivity contribution is 5.57. The Morgan fingerprint density at radius 2 is 1.84 bits per heavy atom. The number of nitrogen functional groups attached to an aromatic ring is 1. The average molecular weight is 261 g/mol. The summed E-state index contributed by atoms with van der Waals surface area (Å²) in [6, 6.07) is 0.543. The van der Waals surface area contributed by atoms with Crippen molar-refractivity contribution in [2.75, 3.05) is 10.7 Å². The first-order valence-electron chi connectivity index (χ1n) is 7.29. The van der Waals surface area contributed by atoms with Crippen LogP contribution in [0.3, 0.4) is 0 Å². The second-order valence-electron chi connectivity index (χ2n) is 6.08. The quantitative estimate of drug-likeness (QED) is 0.573. The van der Waals surface area contributed by atoms with E-state index in [1.54, 1.807) is 0 Å². The minimum atomic E-state index is 0.538. The fourth-order valence-electron chi connectivity index (χ4n) is 2.87. The van der Waals surface area contributed by atoms with E-state index in [0.29, 0.717) is 12.0 Å². The summed E-state index contributed by atoms with van der Waals surface area (Å²) in [4.78, 5) is 9.23. The van der Waals surface area contributed by atoms with Crippen LogP contribution in [0, 0.1) is 12.8 Å². The van der Waals surface area contributed by atoms with Gasteiger partial charge in [-0.25, -0.2) is 15.8 Å². The maximum absolute atomic E-state index is 5.57. The van der Waals surface area contributed by atoms with Crippen LogP contribution in [0.1, 0.15) is 56.3 Å². The largest absolute Gasteiger partial charge is 0.367 e. The van der Waals surface area contributed by atoms with Crippen LogP contribution in [-0.2, 0) is 0 Å². The van der Waals surface area contributed by atoms with Gasteiger partial charge in [0.25, 0.3) is 0 Å². The molecule has 0 amide bonds. The van der Waals surface area contributed by atoms with E-state index >= 15 is 0 Å². The zero-order valence-corrected chi connectivity index (χ0v) is 11.7. The molecule has 5 heteroatoms. The van der Waals surface area contributed by atoms with Gasteiger partial charge in [0.05, 0.1) is 0 Å². The molecule has 0 bridgehead atoms. The summed E-state index contributed by atoms with van der Waals surface area (Å²) in [6.45, 7) is 4.34. The Labute approximate surface area is 114 Å². The summed E-state index contributed by atoms with van der Waals surface area (Å²) in [5.41, 5.74) is 3.72. The van der Waals surface area contributed by atoms with Crippen LogP contribution < -0.4 is 16.6 Å². The van der Waals surface area contributed by atoms with Crippen LogP contribution in [0.2, 0.25) is 0 Å². The molecule has 2 unspecified atom stereocenters. The van der Waals surface area contributed by atoms with Gasteiger partial charge in [0.2, 0.25) is 0 Å². The van der Waals surface area contributed by atoms with Gasteiger partial charge in [-0.2, -0.15) is 0 Å². The Morgan fingerprint density at radius 3 is 2.42 bits per heavy atom. The molecule has 104 valence electrons. The van der Waals surface area contributed by atoms with E-state index in [4.69, 9.17) is 10.8 Å². The van der Waals surface area contributed by atoms with Crippen LogP contribution in [0.5, 0.6) is 0 Å². The second-order valence-corrected chi connectivity index (χ2v) is 6.08. The Morgan fingerprint density at radius 1 is 1.11 bits per heavy atom. The molecule has 0 saturated heterocycles. The Balaban J connectivity index is 1.84. The predicted octanol–water partition coefficient (Wildman–Crippen LogP) is 2.55. The van der Waals surface area contributed by atoms with Gasteiger partial charge in [-0.15, -0.1) is 0 Å². The van der Waals surface area contributed by atoms with E-state index in [1.165, 1.54) is 32.1 Å². The summed E-state index contributed by atoms with van der Waals surface area (Å²) >= 11 is 0. The summed E-state index contributed by atoms with van der Waals surface area (Å²) < 4.78 is 0. The summed E-state index contributed by atoms with van der Waals surface area (Å²) in [7, 11) is 0. The number of rotatable bonds is 4. The molecular weight excluding hydrogens is 238 g/mol. The van der Waals surface area contributed by atoms with Crippen molar-refractivity contribution in [1.29, 1.82) is 0 Å². The van der Waals surface area contributed by atoms with Crippen molar-refractivity contribution in [3.63, 3.8) is 0 Å². The molecule has 2 fully saturated rings. The highest BCUT2D eigenvalue weighted by Gasteiger charge is 2.29. The van der Waals surface area contributed by atoms with E-state index in [-0.39, 0.29) is 0 Å². The van der Waals surface area contributed by atoms with Crippen LogP contribution in [0.25, 0.3) is 0 Å². The fourth-order valence-corrected chi connectivity index (χ4v) is 2.87. The maximum atomic E-state index is 5.57. The van der Waals surface area contributed by atoms with Gasteiger partial charge in [0, 0.05) is 17.5 Å². The monoisotopic (exact) mass is 261 g/mol. The lowest BCUT2D eigenvalue weighted by atomic mass is 10.1. The molecule has 0 aliphatic heterocycles. The number of nitrogens with one attached hydrogen (secondary N) is 2. The number of anilines is 2. The maximum Gasteiger partial charge on any atom is 0.148 e. The summed E-state index contributed by atoms with van der Waals surface area (Å²) in [5.74, 6) is 9.58. The van der Waals surface area contributed by atoms with Crippen LogP contribution in [0.4, 0.5) is 11.6 Å². The topological polar surface area (TPSA) is 75.9 Å². The molecule has 1 aromatic rings. The van der Waals surface area contributed by atoms with Gasteiger partial charge in [0.15, 0.2) is 0 Å². The van der Waals surface area contributed by atoms with Crippen LogP contribution >= 0.6 is 0 Å². The van der Waals surface area contributed by atoms with Crippen molar-refractivity contribution in [2.45, 2.75) is 57.9 Å². The van der Waals surface area contributed by atoms with Crippen molar-refractivity contribution in [3.05, 3.63) is 11.4 Å². The minimum Gasteiger partial charge on any atom is -0.367 e. The number of hydrogen-bond acceptors (Lipinski definition) is 5.